The molecule has 22 heavy (non-hydrogen) atoms. The minimum absolute atomic E-state index is 0.0961. The number of hydrogen-bond acceptors (Lipinski definition) is 2. The Labute approximate surface area is 131 Å². The van der Waals surface area contributed by atoms with E-state index in [0.717, 1.165) is 17.7 Å². The van der Waals surface area contributed by atoms with Crippen molar-refractivity contribution in [3.63, 3.8) is 0 Å². The van der Waals surface area contributed by atoms with Gasteiger partial charge in [-0.1, -0.05) is 37.3 Å². The minimum Gasteiger partial charge on any atom is -0.317 e. The zero-order valence-electron chi connectivity index (χ0n) is 13.7. The van der Waals surface area contributed by atoms with Crippen LogP contribution < -0.4 is 5.32 Å². The third kappa shape index (κ3) is 3.87. The SMILES string of the molecule is CC[C@H](C)N(Cc1ccccc1)C(=O)Nc1cc(C)nn1C. The van der Waals surface area contributed by atoms with Gasteiger partial charge in [-0.3, -0.25) is 10.00 Å². The van der Waals surface area contributed by atoms with E-state index in [2.05, 4.69) is 24.3 Å². The second-order valence-electron chi connectivity index (χ2n) is 5.60. The Hall–Kier alpha value is -2.30. The topological polar surface area (TPSA) is 50.2 Å². The highest BCUT2D eigenvalue weighted by molar-refractivity contribution is 5.88. The van der Waals surface area contributed by atoms with Gasteiger partial charge in [-0.15, -0.1) is 0 Å². The smallest absolute Gasteiger partial charge is 0.317 e. The second-order valence-corrected chi connectivity index (χ2v) is 5.60. The number of benzene rings is 1. The van der Waals surface area contributed by atoms with Crippen LogP contribution in [0.5, 0.6) is 0 Å². The van der Waals surface area contributed by atoms with Crippen molar-refractivity contribution in [1.82, 2.24) is 14.7 Å². The average Bonchev–Trinajstić information content (AvgIpc) is 2.82. The van der Waals surface area contributed by atoms with Crippen molar-refractivity contribution in [2.24, 2.45) is 7.05 Å². The van der Waals surface area contributed by atoms with Gasteiger partial charge in [0.25, 0.3) is 0 Å². The number of carbonyl (C=O) groups excluding carboxylic acids is 1. The van der Waals surface area contributed by atoms with Gasteiger partial charge < -0.3 is 4.90 Å². The molecule has 0 aliphatic carbocycles. The Balaban J connectivity index is 2.14. The van der Waals surface area contributed by atoms with Gasteiger partial charge in [-0.25, -0.2) is 4.79 Å². The lowest BCUT2D eigenvalue weighted by Gasteiger charge is -2.28. The van der Waals surface area contributed by atoms with Crippen molar-refractivity contribution >= 4 is 11.8 Å². The first-order valence-electron chi connectivity index (χ1n) is 7.63. The molecule has 1 aromatic carbocycles. The summed E-state index contributed by atoms with van der Waals surface area (Å²) < 4.78 is 1.69. The van der Waals surface area contributed by atoms with Gasteiger partial charge in [0.05, 0.1) is 5.69 Å². The maximum Gasteiger partial charge on any atom is 0.323 e. The van der Waals surface area contributed by atoms with E-state index in [-0.39, 0.29) is 12.1 Å². The summed E-state index contributed by atoms with van der Waals surface area (Å²) >= 11 is 0. The summed E-state index contributed by atoms with van der Waals surface area (Å²) in [6, 6.07) is 12.0. The molecule has 1 atom stereocenters. The first kappa shape index (κ1) is 16.1. The third-order valence-electron chi connectivity index (χ3n) is 3.82. The van der Waals surface area contributed by atoms with E-state index in [1.807, 2.05) is 55.3 Å². The predicted molar refractivity (Wildman–Crippen MR) is 88.7 cm³/mol. The molecule has 0 saturated carbocycles. The molecule has 0 aliphatic rings. The number of hydrogen-bond donors (Lipinski definition) is 1. The zero-order chi connectivity index (χ0) is 16.1. The van der Waals surface area contributed by atoms with E-state index in [1.165, 1.54) is 0 Å². The van der Waals surface area contributed by atoms with Gasteiger partial charge in [-0.05, 0) is 25.8 Å². The summed E-state index contributed by atoms with van der Waals surface area (Å²) in [7, 11) is 1.83. The Kier molecular flexibility index (Phi) is 5.20. The maximum atomic E-state index is 12.7. The molecule has 0 spiro atoms. The van der Waals surface area contributed by atoms with Crippen LogP contribution in [0, 0.1) is 6.92 Å². The standard InChI is InChI=1S/C17H24N4O/c1-5-14(3)21(12-15-9-7-6-8-10-15)17(22)18-16-11-13(2)19-20(16)4/h6-11,14H,5,12H2,1-4H3,(H,18,22)/t14-/m0/s1. The van der Waals surface area contributed by atoms with Crippen molar-refractivity contribution in [2.75, 3.05) is 5.32 Å². The van der Waals surface area contributed by atoms with Crippen molar-refractivity contribution in [3.05, 3.63) is 47.7 Å². The van der Waals surface area contributed by atoms with Gasteiger partial charge in [-0.2, -0.15) is 5.10 Å². The Morgan fingerprint density at radius 3 is 2.59 bits per heavy atom. The third-order valence-corrected chi connectivity index (χ3v) is 3.82. The molecule has 1 aromatic heterocycles. The lowest BCUT2D eigenvalue weighted by atomic mass is 10.1. The molecule has 2 amide bonds. The Morgan fingerprint density at radius 1 is 1.36 bits per heavy atom. The number of carbonyl (C=O) groups is 1. The summed E-state index contributed by atoms with van der Waals surface area (Å²) in [6.07, 6.45) is 0.907. The van der Waals surface area contributed by atoms with E-state index in [9.17, 15) is 4.79 Å². The molecule has 1 N–H and O–H groups in total. The van der Waals surface area contributed by atoms with E-state index >= 15 is 0 Å². The van der Waals surface area contributed by atoms with Gasteiger partial charge in [0.15, 0.2) is 0 Å². The van der Waals surface area contributed by atoms with E-state index < -0.39 is 0 Å². The lowest BCUT2D eigenvalue weighted by molar-refractivity contribution is 0.187. The van der Waals surface area contributed by atoms with Crippen molar-refractivity contribution in [1.29, 1.82) is 0 Å². The fraction of sp³-hybridized carbons (Fsp3) is 0.412. The monoisotopic (exact) mass is 300 g/mol. The molecule has 0 unspecified atom stereocenters. The molecule has 5 nitrogen and oxygen atoms in total. The van der Waals surface area contributed by atoms with Crippen LogP contribution in [-0.2, 0) is 13.6 Å². The number of anilines is 1. The molecule has 0 fully saturated rings. The zero-order valence-corrected chi connectivity index (χ0v) is 13.7. The number of amides is 2. The summed E-state index contributed by atoms with van der Waals surface area (Å²) in [5.74, 6) is 0.712. The van der Waals surface area contributed by atoms with Crippen LogP contribution in [0.4, 0.5) is 10.6 Å². The molecule has 2 rings (SSSR count). The largest absolute Gasteiger partial charge is 0.323 e. The van der Waals surface area contributed by atoms with Crippen LogP contribution in [0.1, 0.15) is 31.5 Å². The Morgan fingerprint density at radius 2 is 2.05 bits per heavy atom. The highest BCUT2D eigenvalue weighted by Crippen LogP contribution is 2.14. The second kappa shape index (κ2) is 7.11. The summed E-state index contributed by atoms with van der Waals surface area (Å²) in [6.45, 7) is 6.66. The molecule has 0 aliphatic heterocycles. The molecule has 0 bridgehead atoms. The fourth-order valence-corrected chi connectivity index (χ4v) is 2.34. The normalized spacial score (nSPS) is 12.0. The molecular formula is C17H24N4O. The predicted octanol–water partition coefficient (Wildman–Crippen LogP) is 3.56. The van der Waals surface area contributed by atoms with E-state index in [1.54, 1.807) is 4.68 Å². The first-order chi connectivity index (χ1) is 10.5. The summed E-state index contributed by atoms with van der Waals surface area (Å²) in [5.41, 5.74) is 2.01. The van der Waals surface area contributed by atoms with Crippen LogP contribution in [-0.4, -0.2) is 26.8 Å². The van der Waals surface area contributed by atoms with Gasteiger partial charge in [0.2, 0.25) is 0 Å². The maximum absolute atomic E-state index is 12.7. The fourth-order valence-electron chi connectivity index (χ4n) is 2.34. The molecule has 5 heteroatoms. The van der Waals surface area contributed by atoms with Crippen LogP contribution in [0.25, 0.3) is 0 Å². The van der Waals surface area contributed by atoms with E-state index in [0.29, 0.717) is 12.4 Å². The first-order valence-corrected chi connectivity index (χ1v) is 7.63. The van der Waals surface area contributed by atoms with Gasteiger partial charge >= 0.3 is 6.03 Å². The minimum atomic E-state index is -0.0961. The number of urea groups is 1. The average molecular weight is 300 g/mol. The quantitative estimate of drug-likeness (QED) is 0.918. The van der Waals surface area contributed by atoms with Crippen molar-refractivity contribution in [2.45, 2.75) is 39.8 Å². The lowest BCUT2D eigenvalue weighted by Crippen LogP contribution is -2.41. The number of aromatic nitrogens is 2. The number of aryl methyl sites for hydroxylation is 2. The van der Waals surface area contributed by atoms with Crippen LogP contribution >= 0.6 is 0 Å². The number of rotatable bonds is 5. The van der Waals surface area contributed by atoms with Gasteiger partial charge in [0, 0.05) is 25.7 Å². The van der Waals surface area contributed by atoms with E-state index in [4.69, 9.17) is 0 Å². The van der Waals surface area contributed by atoms with Crippen molar-refractivity contribution in [3.8, 4) is 0 Å². The molecule has 2 aromatic rings. The van der Waals surface area contributed by atoms with Crippen LogP contribution in [0.3, 0.4) is 0 Å². The molecule has 1 heterocycles. The molecule has 118 valence electrons. The molecule has 0 radical (unpaired) electrons. The number of nitrogens with one attached hydrogen (secondary N) is 1. The highest BCUT2D eigenvalue weighted by atomic mass is 16.2. The number of nitrogens with zero attached hydrogens (tertiary/aromatic N) is 3. The molecular weight excluding hydrogens is 276 g/mol. The summed E-state index contributed by atoms with van der Waals surface area (Å²) in [4.78, 5) is 14.5. The Bertz CT molecular complexity index is 621. The highest BCUT2D eigenvalue weighted by Gasteiger charge is 2.20. The van der Waals surface area contributed by atoms with Crippen molar-refractivity contribution < 1.29 is 4.79 Å². The van der Waals surface area contributed by atoms with Crippen LogP contribution in [0.2, 0.25) is 0 Å². The summed E-state index contributed by atoms with van der Waals surface area (Å²) in [5, 5.41) is 7.21. The van der Waals surface area contributed by atoms with Crippen LogP contribution in [0.15, 0.2) is 36.4 Å². The van der Waals surface area contributed by atoms with Gasteiger partial charge in [0.1, 0.15) is 5.82 Å². The molecule has 0 saturated heterocycles.